The van der Waals surface area contributed by atoms with E-state index < -0.39 is 0 Å². The van der Waals surface area contributed by atoms with Gasteiger partial charge in [-0.2, -0.15) is 0 Å². The number of carbonyl (C=O) groups excluding carboxylic acids is 1. The van der Waals surface area contributed by atoms with E-state index in [1.54, 1.807) is 19.7 Å². The van der Waals surface area contributed by atoms with Crippen molar-refractivity contribution in [1.82, 2.24) is 15.3 Å². The summed E-state index contributed by atoms with van der Waals surface area (Å²) in [6, 6.07) is 7.65. The van der Waals surface area contributed by atoms with Crippen LogP contribution >= 0.6 is 11.3 Å². The molecule has 3 aromatic rings. The van der Waals surface area contributed by atoms with Crippen molar-refractivity contribution < 1.29 is 19.0 Å². The first-order valence-electron chi connectivity index (χ1n) is 8.99. The molecular formula is C20H21N3O4S. The third kappa shape index (κ3) is 3.47. The minimum Gasteiger partial charge on any atom is -0.491 e. The van der Waals surface area contributed by atoms with Crippen LogP contribution in [0.15, 0.2) is 29.8 Å². The first-order chi connectivity index (χ1) is 13.6. The summed E-state index contributed by atoms with van der Waals surface area (Å²) in [6.07, 6.45) is 0.391. The van der Waals surface area contributed by atoms with Gasteiger partial charge in [0.05, 0.1) is 35.6 Å². The zero-order valence-electron chi connectivity index (χ0n) is 15.9. The van der Waals surface area contributed by atoms with Crippen molar-refractivity contribution in [1.29, 1.82) is 0 Å². The number of hydrogen-bond acceptors (Lipinski definition) is 7. The van der Waals surface area contributed by atoms with Crippen LogP contribution in [-0.4, -0.2) is 42.7 Å². The molecule has 1 aliphatic heterocycles. The first-order valence-corrected chi connectivity index (χ1v) is 9.87. The van der Waals surface area contributed by atoms with Gasteiger partial charge in [0.1, 0.15) is 11.9 Å². The number of nitrogens with zero attached hydrogens (tertiary/aromatic N) is 2. The zero-order valence-corrected chi connectivity index (χ0v) is 16.7. The van der Waals surface area contributed by atoms with E-state index in [1.165, 1.54) is 11.3 Å². The molecule has 0 spiro atoms. The lowest BCUT2D eigenvalue weighted by atomic mass is 10.0. The topological polar surface area (TPSA) is 82.6 Å². The van der Waals surface area contributed by atoms with Crippen molar-refractivity contribution in [3.05, 3.63) is 29.8 Å². The molecule has 146 valence electrons. The van der Waals surface area contributed by atoms with Gasteiger partial charge in [-0.15, -0.1) is 11.3 Å². The molecule has 1 amide bonds. The Balaban J connectivity index is 1.70. The number of ether oxygens (including phenoxy) is 3. The fourth-order valence-electron chi connectivity index (χ4n) is 3.32. The summed E-state index contributed by atoms with van der Waals surface area (Å²) < 4.78 is 17.9. The Hall–Kier alpha value is -2.87. The second-order valence-corrected chi connectivity index (χ2v) is 7.53. The molecule has 1 fully saturated rings. The minimum absolute atomic E-state index is 0.0756. The lowest BCUT2D eigenvalue weighted by Crippen LogP contribution is -2.25. The van der Waals surface area contributed by atoms with E-state index in [9.17, 15) is 4.79 Å². The normalized spacial score (nSPS) is 17.4. The number of nitrogens with one attached hydrogen (secondary N) is 1. The van der Waals surface area contributed by atoms with E-state index in [2.05, 4.69) is 15.3 Å². The van der Waals surface area contributed by atoms with Crippen LogP contribution in [-0.2, 0) is 4.79 Å². The Labute approximate surface area is 166 Å². The highest BCUT2D eigenvalue weighted by atomic mass is 32.1. The standard InChI is InChI=1S/C20H21N3O4S/c1-11(13-8-18(24)21-9-13)27-17-7-12(6-15-19(17)28-10-22-15)14-4-5-16(25-2)20(23-14)26-3/h4-7,10-11,13H,8-9H2,1-3H3,(H,21,24). The molecule has 8 heteroatoms. The highest BCUT2D eigenvalue weighted by Crippen LogP contribution is 2.37. The van der Waals surface area contributed by atoms with Gasteiger partial charge in [-0.05, 0) is 31.2 Å². The van der Waals surface area contributed by atoms with Gasteiger partial charge in [0.25, 0.3) is 5.88 Å². The highest BCUT2D eigenvalue weighted by molar-refractivity contribution is 7.17. The Morgan fingerprint density at radius 1 is 1.21 bits per heavy atom. The maximum Gasteiger partial charge on any atom is 0.257 e. The fraction of sp³-hybridized carbons (Fsp3) is 0.350. The number of fused-ring (bicyclic) bond motifs is 1. The van der Waals surface area contributed by atoms with Crippen molar-refractivity contribution in [3.63, 3.8) is 0 Å². The molecule has 0 aliphatic carbocycles. The quantitative estimate of drug-likeness (QED) is 0.685. The second-order valence-electron chi connectivity index (χ2n) is 6.67. The number of methoxy groups -OCH3 is 2. The van der Waals surface area contributed by atoms with Crippen LogP contribution < -0.4 is 19.5 Å². The van der Waals surface area contributed by atoms with E-state index in [4.69, 9.17) is 14.2 Å². The van der Waals surface area contributed by atoms with Crippen molar-refractivity contribution in [3.8, 4) is 28.6 Å². The summed E-state index contributed by atoms with van der Waals surface area (Å²) in [5.74, 6) is 1.97. The van der Waals surface area contributed by atoms with Crippen molar-refractivity contribution in [2.24, 2.45) is 5.92 Å². The van der Waals surface area contributed by atoms with Gasteiger partial charge in [-0.25, -0.2) is 9.97 Å². The maximum absolute atomic E-state index is 11.5. The minimum atomic E-state index is -0.0992. The number of benzene rings is 1. The molecule has 2 aromatic heterocycles. The third-order valence-corrected chi connectivity index (χ3v) is 5.77. The summed E-state index contributed by atoms with van der Waals surface area (Å²) >= 11 is 1.53. The molecule has 1 N–H and O–H groups in total. The van der Waals surface area contributed by atoms with Crippen LogP contribution in [0.1, 0.15) is 13.3 Å². The largest absolute Gasteiger partial charge is 0.491 e. The number of amides is 1. The second kappa shape index (κ2) is 7.63. The lowest BCUT2D eigenvalue weighted by Gasteiger charge is -2.20. The molecule has 3 heterocycles. The monoisotopic (exact) mass is 399 g/mol. The van der Waals surface area contributed by atoms with Gasteiger partial charge in [0, 0.05) is 24.4 Å². The summed E-state index contributed by atoms with van der Waals surface area (Å²) in [5, 5.41) is 2.86. The van der Waals surface area contributed by atoms with Crippen LogP contribution in [0.5, 0.6) is 17.4 Å². The molecule has 4 rings (SSSR count). The van der Waals surface area contributed by atoms with Gasteiger partial charge in [0.15, 0.2) is 5.75 Å². The van der Waals surface area contributed by atoms with Gasteiger partial charge in [-0.3, -0.25) is 4.79 Å². The predicted molar refractivity (Wildman–Crippen MR) is 107 cm³/mol. The molecule has 1 saturated heterocycles. The van der Waals surface area contributed by atoms with E-state index in [1.807, 2.05) is 31.2 Å². The van der Waals surface area contributed by atoms with E-state index in [0.29, 0.717) is 24.6 Å². The van der Waals surface area contributed by atoms with Gasteiger partial charge >= 0.3 is 0 Å². The Morgan fingerprint density at radius 2 is 2.07 bits per heavy atom. The zero-order chi connectivity index (χ0) is 19.7. The van der Waals surface area contributed by atoms with Gasteiger partial charge in [-0.1, -0.05) is 0 Å². The molecule has 0 saturated carbocycles. The summed E-state index contributed by atoms with van der Waals surface area (Å²) in [6.45, 7) is 2.64. The number of aromatic nitrogens is 2. The Bertz CT molecular complexity index is 1020. The molecule has 2 atom stereocenters. The van der Waals surface area contributed by atoms with Crippen LogP contribution in [0.4, 0.5) is 0 Å². The molecule has 2 unspecified atom stereocenters. The number of rotatable bonds is 6. The fourth-order valence-corrected chi connectivity index (χ4v) is 4.05. The van der Waals surface area contributed by atoms with Crippen molar-refractivity contribution >= 4 is 27.5 Å². The Morgan fingerprint density at radius 3 is 2.79 bits per heavy atom. The molecule has 0 bridgehead atoms. The van der Waals surface area contributed by atoms with Crippen LogP contribution in [0.2, 0.25) is 0 Å². The van der Waals surface area contributed by atoms with Crippen LogP contribution in [0.25, 0.3) is 21.5 Å². The average molecular weight is 399 g/mol. The predicted octanol–water partition coefficient (Wildman–Crippen LogP) is 3.28. The highest BCUT2D eigenvalue weighted by Gasteiger charge is 2.28. The molecule has 1 aromatic carbocycles. The number of carbonyl (C=O) groups is 1. The van der Waals surface area contributed by atoms with Crippen LogP contribution in [0.3, 0.4) is 0 Å². The maximum atomic E-state index is 11.5. The number of pyridine rings is 1. The summed E-state index contributed by atoms with van der Waals surface area (Å²) in [5.41, 5.74) is 4.26. The summed E-state index contributed by atoms with van der Waals surface area (Å²) in [7, 11) is 3.14. The molecule has 28 heavy (non-hydrogen) atoms. The molecule has 0 radical (unpaired) electrons. The molecular weight excluding hydrogens is 378 g/mol. The SMILES string of the molecule is COc1ccc(-c2cc(OC(C)C3CNC(=O)C3)c3scnc3c2)nc1OC. The van der Waals surface area contributed by atoms with E-state index in [0.717, 1.165) is 27.2 Å². The first kappa shape index (κ1) is 18.5. The summed E-state index contributed by atoms with van der Waals surface area (Å²) in [4.78, 5) is 20.5. The third-order valence-electron chi connectivity index (χ3n) is 4.92. The van der Waals surface area contributed by atoms with Gasteiger partial charge < -0.3 is 19.5 Å². The Kier molecular flexibility index (Phi) is 5.04. The van der Waals surface area contributed by atoms with Gasteiger partial charge in [0.2, 0.25) is 5.91 Å². The number of hydrogen-bond donors (Lipinski definition) is 1. The molecule has 7 nitrogen and oxygen atoms in total. The van der Waals surface area contributed by atoms with Crippen LogP contribution in [0, 0.1) is 5.92 Å². The smallest absolute Gasteiger partial charge is 0.257 e. The number of thiazole rings is 1. The van der Waals surface area contributed by atoms with E-state index >= 15 is 0 Å². The lowest BCUT2D eigenvalue weighted by molar-refractivity contribution is -0.119. The van der Waals surface area contributed by atoms with E-state index in [-0.39, 0.29) is 17.9 Å². The molecule has 1 aliphatic rings. The van der Waals surface area contributed by atoms with Crippen molar-refractivity contribution in [2.45, 2.75) is 19.4 Å². The van der Waals surface area contributed by atoms with Crippen molar-refractivity contribution in [2.75, 3.05) is 20.8 Å². The average Bonchev–Trinajstić information content (AvgIpc) is 3.36.